The predicted octanol–water partition coefficient (Wildman–Crippen LogP) is 2.85. The molecule has 0 radical (unpaired) electrons. The number of halogens is 1. The van der Waals surface area contributed by atoms with Gasteiger partial charge in [0, 0.05) is 16.2 Å². The van der Waals surface area contributed by atoms with Gasteiger partial charge in [-0.25, -0.2) is 0 Å². The zero-order valence-corrected chi connectivity index (χ0v) is 12.4. The van der Waals surface area contributed by atoms with Gasteiger partial charge in [0.15, 0.2) is 0 Å². The number of hydrogen-bond acceptors (Lipinski definition) is 4. The van der Waals surface area contributed by atoms with E-state index in [0.29, 0.717) is 24.8 Å². The molecule has 1 aliphatic heterocycles. The molecule has 0 aliphatic carbocycles. The normalized spacial score (nSPS) is 16.9. The van der Waals surface area contributed by atoms with Gasteiger partial charge in [-0.3, -0.25) is 0 Å². The molecule has 1 saturated heterocycles. The van der Waals surface area contributed by atoms with Crippen molar-refractivity contribution in [3.8, 4) is 5.75 Å². The Morgan fingerprint density at radius 2 is 2.26 bits per heavy atom. The maximum absolute atomic E-state index is 9.28. The molecule has 0 spiro atoms. The molecule has 106 valence electrons. The summed E-state index contributed by atoms with van der Waals surface area (Å²) in [4.78, 5) is 0. The van der Waals surface area contributed by atoms with Gasteiger partial charge in [-0.05, 0) is 30.4 Å². The number of ether oxygens (including phenoxy) is 2. The van der Waals surface area contributed by atoms with Gasteiger partial charge in [0.25, 0.3) is 0 Å². The van der Waals surface area contributed by atoms with Crippen LogP contribution in [0.5, 0.6) is 5.75 Å². The molecule has 2 rings (SSSR count). The molecule has 19 heavy (non-hydrogen) atoms. The summed E-state index contributed by atoms with van der Waals surface area (Å²) in [6.07, 6.45) is 0.986. The average Bonchev–Trinajstić information content (AvgIpc) is 2.36. The van der Waals surface area contributed by atoms with Crippen molar-refractivity contribution >= 4 is 23.4 Å². The van der Waals surface area contributed by atoms with Gasteiger partial charge < -0.3 is 14.6 Å². The van der Waals surface area contributed by atoms with Crippen molar-refractivity contribution in [2.24, 2.45) is 5.41 Å². The Balaban J connectivity index is 1.55. The maximum Gasteiger partial charge on any atom is 0.120 e. The first-order chi connectivity index (χ1) is 9.24. The van der Waals surface area contributed by atoms with Crippen LogP contribution in [0, 0.1) is 5.41 Å². The third-order valence-electron chi connectivity index (χ3n) is 3.06. The summed E-state index contributed by atoms with van der Waals surface area (Å²) in [6.45, 7) is 2.29. The fourth-order valence-corrected chi connectivity index (χ4v) is 3.15. The lowest BCUT2D eigenvalue weighted by atomic mass is 9.90. The van der Waals surface area contributed by atoms with E-state index in [4.69, 9.17) is 21.1 Å². The van der Waals surface area contributed by atoms with Crippen LogP contribution in [0.2, 0.25) is 5.02 Å². The van der Waals surface area contributed by atoms with E-state index in [1.807, 2.05) is 36.0 Å². The molecule has 3 nitrogen and oxygen atoms in total. The molecular formula is C14H19ClO3S. The molecule has 5 heteroatoms. The minimum Gasteiger partial charge on any atom is -0.494 e. The maximum atomic E-state index is 9.28. The Labute approximate surface area is 123 Å². The van der Waals surface area contributed by atoms with Gasteiger partial charge in [0.05, 0.1) is 26.4 Å². The van der Waals surface area contributed by atoms with Crippen LogP contribution in [0.1, 0.15) is 6.42 Å². The smallest absolute Gasteiger partial charge is 0.120 e. The molecule has 0 amide bonds. The molecule has 1 aliphatic rings. The van der Waals surface area contributed by atoms with E-state index in [1.165, 1.54) is 0 Å². The van der Waals surface area contributed by atoms with Crippen LogP contribution in [0.15, 0.2) is 24.3 Å². The zero-order chi connectivity index (χ0) is 13.6. The first kappa shape index (κ1) is 15.0. The van der Waals surface area contributed by atoms with Gasteiger partial charge in [0.2, 0.25) is 0 Å². The Bertz CT molecular complexity index is 391. The first-order valence-electron chi connectivity index (χ1n) is 6.39. The van der Waals surface area contributed by atoms with Crippen molar-refractivity contribution < 1.29 is 14.6 Å². The molecule has 1 heterocycles. The van der Waals surface area contributed by atoms with Crippen molar-refractivity contribution in [1.29, 1.82) is 0 Å². The van der Waals surface area contributed by atoms with Gasteiger partial charge in [-0.2, -0.15) is 11.8 Å². The quantitative estimate of drug-likeness (QED) is 0.750. The predicted molar refractivity (Wildman–Crippen MR) is 79.2 cm³/mol. The molecule has 0 atom stereocenters. The average molecular weight is 303 g/mol. The van der Waals surface area contributed by atoms with Crippen molar-refractivity contribution in [3.63, 3.8) is 0 Å². The van der Waals surface area contributed by atoms with Crippen LogP contribution < -0.4 is 4.74 Å². The number of benzene rings is 1. The van der Waals surface area contributed by atoms with E-state index in [2.05, 4.69) is 0 Å². The Morgan fingerprint density at radius 1 is 1.42 bits per heavy atom. The van der Waals surface area contributed by atoms with E-state index in [0.717, 1.165) is 23.7 Å². The van der Waals surface area contributed by atoms with Crippen LogP contribution in [0.4, 0.5) is 0 Å². The third kappa shape index (κ3) is 4.56. The highest BCUT2D eigenvalue weighted by atomic mass is 35.5. The summed E-state index contributed by atoms with van der Waals surface area (Å²) >= 11 is 7.73. The monoisotopic (exact) mass is 302 g/mol. The third-order valence-corrected chi connectivity index (χ3v) is 4.69. The van der Waals surface area contributed by atoms with E-state index in [-0.39, 0.29) is 12.0 Å². The Hall–Kier alpha value is -0.420. The van der Waals surface area contributed by atoms with Gasteiger partial charge in [-0.15, -0.1) is 0 Å². The SMILES string of the molecule is OCC1(CSCCCOc2cccc(Cl)c2)COC1. The molecular weight excluding hydrogens is 284 g/mol. The first-order valence-corrected chi connectivity index (χ1v) is 7.92. The second-order valence-electron chi connectivity index (χ2n) is 4.86. The second kappa shape index (κ2) is 7.39. The summed E-state index contributed by atoms with van der Waals surface area (Å²) in [5.74, 6) is 2.81. The number of hydrogen-bond donors (Lipinski definition) is 1. The highest BCUT2D eigenvalue weighted by Crippen LogP contribution is 2.31. The summed E-state index contributed by atoms with van der Waals surface area (Å²) in [5.41, 5.74) is 0.0124. The lowest BCUT2D eigenvalue weighted by molar-refractivity contribution is -0.121. The molecule has 1 aromatic rings. The Morgan fingerprint density at radius 3 is 2.89 bits per heavy atom. The summed E-state index contributed by atoms with van der Waals surface area (Å²) in [7, 11) is 0. The minimum absolute atomic E-state index is 0.0124. The van der Waals surface area contributed by atoms with Crippen LogP contribution in [-0.4, -0.2) is 43.0 Å². The zero-order valence-electron chi connectivity index (χ0n) is 10.8. The molecule has 1 N–H and O–H groups in total. The summed E-state index contributed by atoms with van der Waals surface area (Å²) < 4.78 is 10.8. The fraction of sp³-hybridized carbons (Fsp3) is 0.571. The lowest BCUT2D eigenvalue weighted by Crippen LogP contribution is -2.47. The fourth-order valence-electron chi connectivity index (χ4n) is 1.81. The topological polar surface area (TPSA) is 38.7 Å². The summed E-state index contributed by atoms with van der Waals surface area (Å²) in [5, 5.41) is 9.98. The molecule has 1 fully saturated rings. The minimum atomic E-state index is 0.0124. The van der Waals surface area contributed by atoms with Crippen LogP contribution >= 0.6 is 23.4 Å². The molecule has 0 aromatic heterocycles. The van der Waals surface area contributed by atoms with Crippen LogP contribution in [0.3, 0.4) is 0 Å². The largest absolute Gasteiger partial charge is 0.494 e. The van der Waals surface area contributed by atoms with Crippen molar-refractivity contribution in [3.05, 3.63) is 29.3 Å². The highest BCUT2D eigenvalue weighted by Gasteiger charge is 2.37. The molecule has 0 bridgehead atoms. The summed E-state index contributed by atoms with van der Waals surface area (Å²) in [6, 6.07) is 7.44. The number of aliphatic hydroxyl groups excluding tert-OH is 1. The molecule has 0 saturated carbocycles. The second-order valence-corrected chi connectivity index (χ2v) is 6.40. The van der Waals surface area contributed by atoms with Crippen LogP contribution in [-0.2, 0) is 4.74 Å². The highest BCUT2D eigenvalue weighted by molar-refractivity contribution is 7.99. The molecule has 0 unspecified atom stereocenters. The van der Waals surface area contributed by atoms with Gasteiger partial charge in [0.1, 0.15) is 5.75 Å². The van der Waals surface area contributed by atoms with Crippen molar-refractivity contribution in [1.82, 2.24) is 0 Å². The van der Waals surface area contributed by atoms with Gasteiger partial charge in [-0.1, -0.05) is 17.7 Å². The van der Waals surface area contributed by atoms with Crippen LogP contribution in [0.25, 0.3) is 0 Å². The van der Waals surface area contributed by atoms with Crippen molar-refractivity contribution in [2.75, 3.05) is 37.9 Å². The number of rotatable bonds is 8. The van der Waals surface area contributed by atoms with Gasteiger partial charge >= 0.3 is 0 Å². The van der Waals surface area contributed by atoms with E-state index < -0.39 is 0 Å². The van der Waals surface area contributed by atoms with E-state index >= 15 is 0 Å². The number of aliphatic hydroxyl groups is 1. The standard InChI is InChI=1S/C14H19ClO3S/c15-12-3-1-4-13(7-12)18-5-2-6-19-11-14(8-16)9-17-10-14/h1,3-4,7,16H,2,5-6,8-11H2. The lowest BCUT2D eigenvalue weighted by Gasteiger charge is -2.39. The number of thioether (sulfide) groups is 1. The van der Waals surface area contributed by atoms with E-state index in [1.54, 1.807) is 0 Å². The van der Waals surface area contributed by atoms with E-state index in [9.17, 15) is 5.11 Å². The van der Waals surface area contributed by atoms with Crippen molar-refractivity contribution in [2.45, 2.75) is 6.42 Å². The molecule has 1 aromatic carbocycles. The Kier molecular flexibility index (Phi) is 5.82.